The molecule has 1 aromatic carbocycles. The van der Waals surface area contributed by atoms with Crippen LogP contribution in [0.1, 0.15) is 42.0 Å². The van der Waals surface area contributed by atoms with Crippen LogP contribution >= 0.6 is 27.3 Å². The molecule has 1 aromatic heterocycles. The summed E-state index contributed by atoms with van der Waals surface area (Å²) in [6.07, 6.45) is 1.08. The van der Waals surface area contributed by atoms with Crippen LogP contribution in [0.25, 0.3) is 0 Å². The van der Waals surface area contributed by atoms with Crippen molar-refractivity contribution in [3.8, 4) is 11.5 Å². The molecule has 0 radical (unpaired) electrons. The molecule has 1 aliphatic heterocycles. The van der Waals surface area contributed by atoms with Crippen LogP contribution in [0.2, 0.25) is 0 Å². The summed E-state index contributed by atoms with van der Waals surface area (Å²) in [7, 11) is 4.49. The lowest BCUT2D eigenvalue weighted by molar-refractivity contribution is -0.136. The summed E-state index contributed by atoms with van der Waals surface area (Å²) < 4.78 is 17.0. The highest BCUT2D eigenvalue weighted by atomic mass is 79.9. The summed E-state index contributed by atoms with van der Waals surface area (Å²) in [6.45, 7) is 1.84. The van der Waals surface area contributed by atoms with Gasteiger partial charge in [0.25, 0.3) is 0 Å². The van der Waals surface area contributed by atoms with E-state index in [0.717, 1.165) is 10.2 Å². The summed E-state index contributed by atoms with van der Waals surface area (Å²) >= 11 is 5.15. The number of Topliss-reactive ketones (excluding diaryl/α,β-unsaturated/α-hetero) is 1. The molecule has 0 saturated carbocycles. The topological polar surface area (TPSA) is 73.9 Å². The molecule has 0 amide bonds. The molecule has 0 spiro atoms. The lowest BCUT2D eigenvalue weighted by Crippen LogP contribution is -2.36. The van der Waals surface area contributed by atoms with Crippen molar-refractivity contribution in [2.45, 2.75) is 31.6 Å². The fraction of sp³-hybridized carbons (Fsp3) is 0.333. The quantitative estimate of drug-likeness (QED) is 0.558. The largest absolute Gasteiger partial charge is 0.496 e. The van der Waals surface area contributed by atoms with Gasteiger partial charge in [-0.05, 0) is 52.9 Å². The molecule has 8 heteroatoms. The van der Waals surface area contributed by atoms with Crippen molar-refractivity contribution in [3.63, 3.8) is 0 Å². The average Bonchev–Trinajstić information content (AvgIpc) is 3.32. The minimum Gasteiger partial charge on any atom is -0.496 e. The number of ether oxygens (including phenoxy) is 3. The van der Waals surface area contributed by atoms with E-state index < -0.39 is 11.9 Å². The second-order valence-corrected chi connectivity index (χ2v) is 9.59. The zero-order valence-corrected chi connectivity index (χ0v) is 20.7. The first-order chi connectivity index (χ1) is 15.4. The molecule has 0 saturated heterocycles. The summed E-state index contributed by atoms with van der Waals surface area (Å²) in [5.41, 5.74) is 3.19. The van der Waals surface area contributed by atoms with Gasteiger partial charge >= 0.3 is 5.97 Å². The van der Waals surface area contributed by atoms with Crippen LogP contribution in [0.15, 0.2) is 56.7 Å². The van der Waals surface area contributed by atoms with E-state index in [0.29, 0.717) is 46.7 Å². The van der Waals surface area contributed by atoms with E-state index in [4.69, 9.17) is 14.2 Å². The summed E-state index contributed by atoms with van der Waals surface area (Å²) in [5, 5.41) is 5.37. The molecular weight excluding hydrogens is 494 g/mol. The van der Waals surface area contributed by atoms with Crippen LogP contribution < -0.4 is 14.8 Å². The number of esters is 1. The average molecular weight is 518 g/mol. The Morgan fingerprint density at radius 3 is 2.53 bits per heavy atom. The van der Waals surface area contributed by atoms with E-state index in [1.165, 1.54) is 12.0 Å². The van der Waals surface area contributed by atoms with Crippen LogP contribution in [0.4, 0.5) is 0 Å². The van der Waals surface area contributed by atoms with Gasteiger partial charge in [-0.2, -0.15) is 0 Å². The van der Waals surface area contributed by atoms with Crippen molar-refractivity contribution >= 4 is 39.0 Å². The van der Waals surface area contributed by atoms with Crippen molar-refractivity contribution in [3.05, 3.63) is 67.1 Å². The van der Waals surface area contributed by atoms with Crippen molar-refractivity contribution in [1.29, 1.82) is 0 Å². The van der Waals surface area contributed by atoms with Gasteiger partial charge in [-0.25, -0.2) is 4.79 Å². The zero-order valence-electron chi connectivity index (χ0n) is 18.3. The van der Waals surface area contributed by atoms with E-state index in [-0.39, 0.29) is 11.7 Å². The SMILES string of the molecule is COC(=O)C1=C(C)NC2=C(C(=O)C[C@@H](c3cccs3)C2)[C@@H]1c1cc(OC)c(Br)cc1OC. The van der Waals surface area contributed by atoms with Gasteiger partial charge in [0.2, 0.25) is 0 Å². The van der Waals surface area contributed by atoms with Crippen molar-refractivity contribution in [2.24, 2.45) is 0 Å². The molecular formula is C24H24BrNO5S. The van der Waals surface area contributed by atoms with Gasteiger partial charge in [-0.1, -0.05) is 6.07 Å². The number of thiophene rings is 1. The second-order valence-electron chi connectivity index (χ2n) is 7.75. The van der Waals surface area contributed by atoms with Gasteiger partial charge in [-0.15, -0.1) is 11.3 Å². The number of hydrogen-bond donors (Lipinski definition) is 1. The van der Waals surface area contributed by atoms with Gasteiger partial charge in [0.1, 0.15) is 11.5 Å². The Morgan fingerprint density at radius 2 is 1.91 bits per heavy atom. The molecule has 4 rings (SSSR count). The van der Waals surface area contributed by atoms with Crippen LogP contribution in [0.3, 0.4) is 0 Å². The number of carbonyl (C=O) groups is 2. The number of dihydropyridines is 1. The normalized spacial score (nSPS) is 20.6. The second kappa shape index (κ2) is 9.11. The summed E-state index contributed by atoms with van der Waals surface area (Å²) in [4.78, 5) is 27.6. The first-order valence-electron chi connectivity index (χ1n) is 10.2. The highest BCUT2D eigenvalue weighted by Gasteiger charge is 2.42. The van der Waals surface area contributed by atoms with E-state index in [9.17, 15) is 9.59 Å². The molecule has 0 fully saturated rings. The molecule has 2 heterocycles. The van der Waals surface area contributed by atoms with Gasteiger partial charge in [0.15, 0.2) is 5.78 Å². The molecule has 2 aliphatic rings. The minimum atomic E-state index is -0.618. The molecule has 168 valence electrons. The number of rotatable bonds is 5. The van der Waals surface area contributed by atoms with Crippen LogP contribution in [-0.4, -0.2) is 33.1 Å². The van der Waals surface area contributed by atoms with Gasteiger partial charge in [-0.3, -0.25) is 4.79 Å². The number of methoxy groups -OCH3 is 3. The van der Waals surface area contributed by atoms with Gasteiger partial charge < -0.3 is 19.5 Å². The Bertz CT molecular complexity index is 1140. The smallest absolute Gasteiger partial charge is 0.336 e. The Hall–Kier alpha value is -2.58. The fourth-order valence-corrected chi connectivity index (χ4v) is 5.88. The molecule has 2 atom stereocenters. The van der Waals surface area contributed by atoms with Crippen molar-refractivity contribution in [2.75, 3.05) is 21.3 Å². The Kier molecular flexibility index (Phi) is 6.44. The predicted octanol–water partition coefficient (Wildman–Crippen LogP) is 5.06. The molecule has 6 nitrogen and oxygen atoms in total. The Morgan fingerprint density at radius 1 is 1.16 bits per heavy atom. The van der Waals surface area contributed by atoms with Gasteiger partial charge in [0.05, 0.1) is 37.3 Å². The number of carbonyl (C=O) groups excluding carboxylic acids is 2. The summed E-state index contributed by atoms with van der Waals surface area (Å²) in [6, 6.07) is 7.69. The number of benzene rings is 1. The zero-order chi connectivity index (χ0) is 23.0. The number of allylic oxidation sites excluding steroid dienone is 3. The molecule has 1 aliphatic carbocycles. The van der Waals surface area contributed by atoms with E-state index in [1.807, 2.05) is 24.4 Å². The van der Waals surface area contributed by atoms with Crippen LogP contribution in [0, 0.1) is 0 Å². The predicted molar refractivity (Wildman–Crippen MR) is 126 cm³/mol. The van der Waals surface area contributed by atoms with Crippen molar-refractivity contribution in [1.82, 2.24) is 5.32 Å². The standard InChI is InChI=1S/C24H24BrNO5S/c1-12-21(24(28)31-4)22(14-10-19(30-3)15(25)11-18(14)29-2)23-16(26-12)8-13(9-17(23)27)20-6-5-7-32-20/h5-7,10-11,13,22,26H,8-9H2,1-4H3/t13-,22+/m0/s1. The Balaban J connectivity index is 1.91. The third-order valence-electron chi connectivity index (χ3n) is 5.99. The highest BCUT2D eigenvalue weighted by Crippen LogP contribution is 2.49. The third kappa shape index (κ3) is 3.86. The molecule has 0 unspecified atom stereocenters. The number of nitrogens with one attached hydrogen (secondary N) is 1. The maximum atomic E-state index is 13.6. The van der Waals surface area contributed by atoms with E-state index in [1.54, 1.807) is 31.6 Å². The van der Waals surface area contributed by atoms with Crippen LogP contribution in [0.5, 0.6) is 11.5 Å². The van der Waals surface area contributed by atoms with Crippen molar-refractivity contribution < 1.29 is 23.8 Å². The minimum absolute atomic E-state index is 0.0139. The van der Waals surface area contributed by atoms with E-state index in [2.05, 4.69) is 27.3 Å². The molecule has 0 bridgehead atoms. The fourth-order valence-electron chi connectivity index (χ4n) is 4.56. The van der Waals surface area contributed by atoms with Gasteiger partial charge in [0, 0.05) is 39.7 Å². The molecule has 32 heavy (non-hydrogen) atoms. The molecule has 2 aromatic rings. The highest BCUT2D eigenvalue weighted by molar-refractivity contribution is 9.10. The van der Waals surface area contributed by atoms with E-state index >= 15 is 0 Å². The first kappa shape index (κ1) is 22.6. The lowest BCUT2D eigenvalue weighted by Gasteiger charge is -2.36. The van der Waals surface area contributed by atoms with Crippen LogP contribution in [-0.2, 0) is 14.3 Å². The Labute approximate surface area is 199 Å². The third-order valence-corrected chi connectivity index (χ3v) is 7.65. The summed E-state index contributed by atoms with van der Waals surface area (Å²) in [5.74, 6) is 0.168. The maximum absolute atomic E-state index is 13.6. The number of hydrogen-bond acceptors (Lipinski definition) is 7. The number of ketones is 1. The number of halogens is 1. The lowest BCUT2D eigenvalue weighted by atomic mass is 9.72. The monoisotopic (exact) mass is 517 g/mol. The first-order valence-corrected chi connectivity index (χ1v) is 11.8. The molecule has 1 N–H and O–H groups in total. The maximum Gasteiger partial charge on any atom is 0.336 e.